The number of benzene rings is 1. The van der Waals surface area contributed by atoms with E-state index in [4.69, 9.17) is 21.4 Å². The number of esters is 1. The number of piperidine rings is 1. The van der Waals surface area contributed by atoms with Crippen LogP contribution in [0.2, 0.25) is 5.02 Å². The van der Waals surface area contributed by atoms with Crippen molar-refractivity contribution in [1.82, 2.24) is 19.6 Å². The van der Waals surface area contributed by atoms with E-state index < -0.39 is 0 Å². The molecule has 9 heteroatoms. The smallest absolute Gasteiger partial charge is 0.309 e. The highest BCUT2D eigenvalue weighted by atomic mass is 35.5. The fourth-order valence-corrected chi connectivity index (χ4v) is 5.16. The normalized spacial score (nSPS) is 18.3. The van der Waals surface area contributed by atoms with Crippen LogP contribution in [0.25, 0.3) is 11.3 Å². The molecular weight excluding hydrogens is 480 g/mol. The van der Waals surface area contributed by atoms with Gasteiger partial charge in [0.05, 0.1) is 24.3 Å². The van der Waals surface area contributed by atoms with Crippen LogP contribution in [-0.2, 0) is 14.3 Å². The molecule has 36 heavy (non-hydrogen) atoms. The first-order chi connectivity index (χ1) is 17.4. The maximum absolute atomic E-state index is 13.4. The van der Waals surface area contributed by atoms with Gasteiger partial charge in [-0.15, -0.1) is 0 Å². The second kappa shape index (κ2) is 11.9. The van der Waals surface area contributed by atoms with Crippen LogP contribution in [0.4, 0.5) is 0 Å². The van der Waals surface area contributed by atoms with Gasteiger partial charge in [-0.1, -0.05) is 49.9 Å². The maximum Gasteiger partial charge on any atom is 0.309 e. The molecule has 2 aromatic rings. The van der Waals surface area contributed by atoms with Gasteiger partial charge in [0.1, 0.15) is 12.2 Å². The first-order valence-electron chi connectivity index (χ1n) is 13.0. The summed E-state index contributed by atoms with van der Waals surface area (Å²) in [6.45, 7) is 5.83. The topological polar surface area (TPSA) is 84.7 Å². The highest BCUT2D eigenvalue weighted by molar-refractivity contribution is 6.30. The molecule has 1 fully saturated rings. The molecule has 3 heterocycles. The standard InChI is InChI=1S/C27H35ClN4O4/c1-3-5-6-7-22-17-31(18-25(33)30-14-12-20(13-15-30)27(35)36-4-2)26(34)24-16-23(29-32(22)24)19-8-10-21(28)11-9-19/h8-11,16,20,22H,3-7,12-15,17-18H2,1-2H3. The number of carbonyl (C=O) groups is 3. The number of hydrogen-bond donors (Lipinski definition) is 0. The summed E-state index contributed by atoms with van der Waals surface area (Å²) < 4.78 is 6.98. The Balaban J connectivity index is 1.47. The summed E-state index contributed by atoms with van der Waals surface area (Å²) in [7, 11) is 0. The lowest BCUT2D eigenvalue weighted by Gasteiger charge is -2.36. The summed E-state index contributed by atoms with van der Waals surface area (Å²) in [6, 6.07) is 9.26. The third-order valence-electron chi connectivity index (χ3n) is 7.09. The summed E-state index contributed by atoms with van der Waals surface area (Å²) >= 11 is 6.04. The van der Waals surface area contributed by atoms with Gasteiger partial charge < -0.3 is 14.5 Å². The predicted molar refractivity (Wildman–Crippen MR) is 138 cm³/mol. The second-order valence-corrected chi connectivity index (χ2v) is 10.0. The van der Waals surface area contributed by atoms with Gasteiger partial charge in [0, 0.05) is 30.2 Å². The lowest BCUT2D eigenvalue weighted by molar-refractivity contribution is -0.151. The monoisotopic (exact) mass is 514 g/mol. The Bertz CT molecular complexity index is 1080. The molecule has 1 atom stereocenters. The molecule has 0 radical (unpaired) electrons. The molecule has 0 N–H and O–H groups in total. The number of amides is 2. The Hall–Kier alpha value is -2.87. The van der Waals surface area contributed by atoms with Crippen LogP contribution in [0.3, 0.4) is 0 Å². The van der Waals surface area contributed by atoms with Gasteiger partial charge in [-0.3, -0.25) is 19.1 Å². The number of likely N-dealkylation sites (tertiary alicyclic amines) is 1. The van der Waals surface area contributed by atoms with Gasteiger partial charge in [0.2, 0.25) is 5.91 Å². The average molecular weight is 515 g/mol. The van der Waals surface area contributed by atoms with Crippen LogP contribution >= 0.6 is 11.6 Å². The number of ether oxygens (including phenoxy) is 1. The first-order valence-corrected chi connectivity index (χ1v) is 13.4. The SMILES string of the molecule is CCCCCC1CN(CC(=O)N2CCC(C(=O)OCC)CC2)C(=O)c2cc(-c3ccc(Cl)cc3)nn21. The van der Waals surface area contributed by atoms with E-state index in [1.807, 2.05) is 35.0 Å². The molecule has 194 valence electrons. The fourth-order valence-electron chi connectivity index (χ4n) is 5.04. The van der Waals surface area contributed by atoms with Crippen molar-refractivity contribution < 1.29 is 19.1 Å². The summed E-state index contributed by atoms with van der Waals surface area (Å²) in [6.07, 6.45) is 5.33. The number of rotatable bonds is 9. The number of aromatic nitrogens is 2. The molecule has 1 saturated heterocycles. The molecule has 8 nitrogen and oxygen atoms in total. The van der Waals surface area contributed by atoms with E-state index in [0.29, 0.717) is 49.8 Å². The largest absolute Gasteiger partial charge is 0.466 e. The van der Waals surface area contributed by atoms with Crippen LogP contribution in [0.5, 0.6) is 0 Å². The molecule has 0 bridgehead atoms. The number of hydrogen-bond acceptors (Lipinski definition) is 5. The van der Waals surface area contributed by atoms with E-state index in [0.717, 1.165) is 36.9 Å². The Morgan fingerprint density at radius 1 is 1.11 bits per heavy atom. The minimum atomic E-state index is -0.185. The third kappa shape index (κ3) is 5.91. The molecule has 0 saturated carbocycles. The zero-order valence-corrected chi connectivity index (χ0v) is 21.9. The van der Waals surface area contributed by atoms with Crippen molar-refractivity contribution in [1.29, 1.82) is 0 Å². The number of carbonyl (C=O) groups excluding carboxylic acids is 3. The Kier molecular flexibility index (Phi) is 8.67. The molecule has 0 spiro atoms. The molecule has 1 aromatic carbocycles. The highest BCUT2D eigenvalue weighted by Crippen LogP contribution is 2.30. The second-order valence-electron chi connectivity index (χ2n) is 9.61. The zero-order valence-electron chi connectivity index (χ0n) is 21.1. The number of unbranched alkanes of at least 4 members (excludes halogenated alkanes) is 2. The van der Waals surface area contributed by atoms with E-state index in [2.05, 4.69) is 6.92 Å². The van der Waals surface area contributed by atoms with Crippen molar-refractivity contribution in [2.75, 3.05) is 32.8 Å². The van der Waals surface area contributed by atoms with Gasteiger partial charge >= 0.3 is 5.97 Å². The molecule has 0 aliphatic carbocycles. The van der Waals surface area contributed by atoms with Crippen molar-refractivity contribution in [3.05, 3.63) is 41.0 Å². The van der Waals surface area contributed by atoms with Gasteiger partial charge in [-0.25, -0.2) is 0 Å². The maximum atomic E-state index is 13.4. The van der Waals surface area contributed by atoms with Crippen LogP contribution < -0.4 is 0 Å². The Morgan fingerprint density at radius 2 is 1.83 bits per heavy atom. The number of fused-ring (bicyclic) bond motifs is 1. The molecule has 2 aliphatic rings. The molecular formula is C27H35ClN4O4. The zero-order chi connectivity index (χ0) is 25.7. The summed E-state index contributed by atoms with van der Waals surface area (Å²) in [5.74, 6) is -0.599. The van der Waals surface area contributed by atoms with E-state index in [-0.39, 0.29) is 36.3 Å². The fraction of sp³-hybridized carbons (Fsp3) is 0.556. The minimum absolute atomic E-state index is 0.0210. The van der Waals surface area contributed by atoms with Gasteiger partial charge in [-0.05, 0) is 44.4 Å². The Morgan fingerprint density at radius 3 is 2.50 bits per heavy atom. The van der Waals surface area contributed by atoms with Crippen molar-refractivity contribution in [3.63, 3.8) is 0 Å². The van der Waals surface area contributed by atoms with Gasteiger partial charge in [-0.2, -0.15) is 5.10 Å². The van der Waals surface area contributed by atoms with E-state index in [9.17, 15) is 14.4 Å². The summed E-state index contributed by atoms with van der Waals surface area (Å²) in [5, 5.41) is 5.44. The third-order valence-corrected chi connectivity index (χ3v) is 7.35. The quantitative estimate of drug-likeness (QED) is 0.361. The van der Waals surface area contributed by atoms with Crippen LogP contribution in [0, 0.1) is 5.92 Å². The van der Waals surface area contributed by atoms with E-state index >= 15 is 0 Å². The first kappa shape index (κ1) is 26.2. The molecule has 4 rings (SSSR count). The predicted octanol–water partition coefficient (Wildman–Crippen LogP) is 4.58. The van der Waals surface area contributed by atoms with Gasteiger partial charge in [0.15, 0.2) is 0 Å². The number of nitrogens with zero attached hydrogens (tertiary/aromatic N) is 4. The lowest BCUT2D eigenvalue weighted by atomic mass is 9.97. The summed E-state index contributed by atoms with van der Waals surface area (Å²) in [4.78, 5) is 42.0. The van der Waals surface area contributed by atoms with Crippen molar-refractivity contribution in [2.45, 2.75) is 58.4 Å². The Labute approximate surface area is 217 Å². The van der Waals surface area contributed by atoms with Crippen LogP contribution in [-0.4, -0.2) is 70.1 Å². The van der Waals surface area contributed by atoms with Crippen molar-refractivity contribution >= 4 is 29.4 Å². The molecule has 1 aromatic heterocycles. The molecule has 2 aliphatic heterocycles. The minimum Gasteiger partial charge on any atom is -0.466 e. The van der Waals surface area contributed by atoms with Crippen molar-refractivity contribution in [2.24, 2.45) is 5.92 Å². The summed E-state index contributed by atoms with van der Waals surface area (Å²) in [5.41, 5.74) is 2.14. The van der Waals surface area contributed by atoms with Crippen molar-refractivity contribution in [3.8, 4) is 11.3 Å². The van der Waals surface area contributed by atoms with Gasteiger partial charge in [0.25, 0.3) is 5.91 Å². The van der Waals surface area contributed by atoms with E-state index in [1.165, 1.54) is 0 Å². The van der Waals surface area contributed by atoms with Crippen LogP contribution in [0.1, 0.15) is 68.9 Å². The average Bonchev–Trinajstić information content (AvgIpc) is 3.33. The lowest BCUT2D eigenvalue weighted by Crippen LogP contribution is -2.50. The van der Waals surface area contributed by atoms with Crippen LogP contribution in [0.15, 0.2) is 30.3 Å². The highest BCUT2D eigenvalue weighted by Gasteiger charge is 2.35. The molecule has 1 unspecified atom stereocenters. The van der Waals surface area contributed by atoms with E-state index in [1.54, 1.807) is 16.7 Å². The molecule has 2 amide bonds. The number of halogens is 1.